The molecule has 4 heterocycles. The third kappa shape index (κ3) is 7.60. The number of aryl methyl sites for hydroxylation is 1. The highest BCUT2D eigenvalue weighted by molar-refractivity contribution is 7.88. The lowest BCUT2D eigenvalue weighted by Crippen LogP contribution is -2.37. The van der Waals surface area contributed by atoms with E-state index in [9.17, 15) is 13.2 Å². The third-order valence-electron chi connectivity index (χ3n) is 8.75. The number of hydrogen-bond donors (Lipinski definition) is 1. The van der Waals surface area contributed by atoms with E-state index in [-0.39, 0.29) is 13.1 Å². The molecular weight excluding hydrogens is 614 g/mol. The van der Waals surface area contributed by atoms with Gasteiger partial charge in [-0.1, -0.05) is 35.6 Å². The number of rotatable bonds is 8. The number of morpholine rings is 1. The van der Waals surface area contributed by atoms with Crippen molar-refractivity contribution >= 4 is 27.6 Å². The van der Waals surface area contributed by atoms with Crippen molar-refractivity contribution in [2.75, 3.05) is 58.7 Å². The second-order valence-electron chi connectivity index (χ2n) is 11.9. The molecule has 238 valence electrons. The van der Waals surface area contributed by atoms with Gasteiger partial charge in [0, 0.05) is 86.7 Å². The van der Waals surface area contributed by atoms with Gasteiger partial charge in [0.1, 0.15) is 0 Å². The first-order chi connectivity index (χ1) is 21.6. The number of carboxylic acid groups (broad SMARTS) is 1. The summed E-state index contributed by atoms with van der Waals surface area (Å²) in [6.07, 6.45) is 3.59. The maximum Gasteiger partial charge on any atom is 0.317 e. The van der Waals surface area contributed by atoms with Crippen LogP contribution in [0, 0.1) is 11.8 Å². The van der Waals surface area contributed by atoms with Crippen LogP contribution in [0.3, 0.4) is 0 Å². The molecule has 3 aromatic rings. The Bertz CT molecular complexity index is 1760. The number of aromatic nitrogens is 2. The van der Waals surface area contributed by atoms with E-state index >= 15 is 0 Å². The number of sulfonamides is 1. The number of halogens is 1. The van der Waals surface area contributed by atoms with Gasteiger partial charge >= 0.3 is 5.97 Å². The van der Waals surface area contributed by atoms with Gasteiger partial charge in [-0.25, -0.2) is 8.42 Å². The fourth-order valence-corrected chi connectivity index (χ4v) is 7.31. The lowest BCUT2D eigenvalue weighted by molar-refractivity contribution is -0.138. The summed E-state index contributed by atoms with van der Waals surface area (Å²) >= 11 is 6.61. The van der Waals surface area contributed by atoms with Crippen molar-refractivity contribution in [2.45, 2.75) is 38.9 Å². The zero-order chi connectivity index (χ0) is 31.6. The average Bonchev–Trinajstić information content (AvgIpc) is 3.38. The summed E-state index contributed by atoms with van der Waals surface area (Å²) in [7, 11) is -3.35. The summed E-state index contributed by atoms with van der Waals surface area (Å²) in [6, 6.07) is 11.8. The molecule has 0 radical (unpaired) electrons. The summed E-state index contributed by atoms with van der Waals surface area (Å²) in [5, 5.41) is 14.7. The van der Waals surface area contributed by atoms with E-state index in [0.717, 1.165) is 85.9 Å². The smallest absolute Gasteiger partial charge is 0.317 e. The molecule has 12 heteroatoms. The Morgan fingerprint density at radius 2 is 1.80 bits per heavy atom. The van der Waals surface area contributed by atoms with Gasteiger partial charge in [0.05, 0.1) is 36.7 Å². The van der Waals surface area contributed by atoms with E-state index in [1.165, 1.54) is 16.1 Å². The van der Waals surface area contributed by atoms with Crippen LogP contribution in [0.25, 0.3) is 11.3 Å². The van der Waals surface area contributed by atoms with Gasteiger partial charge in [-0.05, 0) is 48.2 Å². The number of fused-ring (bicyclic) bond motifs is 2. The van der Waals surface area contributed by atoms with Crippen LogP contribution in [0.4, 0.5) is 0 Å². The Labute approximate surface area is 269 Å². The molecule has 0 saturated carbocycles. The van der Waals surface area contributed by atoms with E-state index < -0.39 is 16.0 Å². The summed E-state index contributed by atoms with van der Waals surface area (Å²) in [6.45, 7) is 7.22. The van der Waals surface area contributed by atoms with Crippen LogP contribution in [0.1, 0.15) is 39.9 Å². The highest BCUT2D eigenvalue weighted by atomic mass is 35.5. The van der Waals surface area contributed by atoms with Crippen LogP contribution in [0.5, 0.6) is 0 Å². The van der Waals surface area contributed by atoms with Crippen molar-refractivity contribution in [3.8, 4) is 23.1 Å². The van der Waals surface area contributed by atoms with Crippen molar-refractivity contribution in [2.24, 2.45) is 0 Å². The Balaban J connectivity index is 1.25. The second-order valence-corrected chi connectivity index (χ2v) is 14.3. The highest BCUT2D eigenvalue weighted by Crippen LogP contribution is 2.33. The Kier molecular flexibility index (Phi) is 9.61. The molecule has 1 N–H and O–H groups in total. The SMILES string of the molecule is CS(=O)(=O)N1CCc2c(c(-c3ccc(Cl)c(C#Cc4ccc5c(c4)CCN(CC(=O)O)C5)c3)nn2CCCN2CCOCC2)C1. The summed E-state index contributed by atoms with van der Waals surface area (Å²) in [5.74, 6) is 5.69. The van der Waals surface area contributed by atoms with E-state index in [2.05, 4.69) is 27.5 Å². The normalized spacial score (nSPS) is 17.7. The molecule has 45 heavy (non-hydrogen) atoms. The van der Waals surface area contributed by atoms with Gasteiger partial charge < -0.3 is 9.84 Å². The molecule has 1 saturated heterocycles. The van der Waals surface area contributed by atoms with Gasteiger partial charge in [0.2, 0.25) is 10.0 Å². The molecule has 0 bridgehead atoms. The third-order valence-corrected chi connectivity index (χ3v) is 10.3. The molecule has 10 nitrogen and oxygen atoms in total. The standard InChI is InChI=1S/C33H38ClN5O5S/c1-45(42,43)38-14-10-31-29(22-38)33(35-39(31)12-2-11-36-15-17-44-18-16-36)27-7-8-30(34)26(20-27)5-3-24-4-6-28-21-37(23-32(40)41)13-9-25(28)19-24/h4,6-8,19-20H,2,9-18,21-23H2,1H3,(H,40,41). The first-order valence-electron chi connectivity index (χ1n) is 15.4. The molecule has 0 aliphatic carbocycles. The summed E-state index contributed by atoms with van der Waals surface area (Å²) in [5.41, 5.74) is 7.50. The average molecular weight is 652 g/mol. The monoisotopic (exact) mass is 651 g/mol. The van der Waals surface area contributed by atoms with E-state index in [1.807, 2.05) is 35.2 Å². The first kappa shape index (κ1) is 31.7. The van der Waals surface area contributed by atoms with Gasteiger partial charge in [-0.2, -0.15) is 9.40 Å². The second kappa shape index (κ2) is 13.6. The molecule has 0 amide bonds. The quantitative estimate of drug-likeness (QED) is 0.371. The maximum absolute atomic E-state index is 12.5. The number of ether oxygens (including phenoxy) is 1. The minimum Gasteiger partial charge on any atom is -0.480 e. The zero-order valence-corrected chi connectivity index (χ0v) is 27.0. The van der Waals surface area contributed by atoms with Gasteiger partial charge in [0.25, 0.3) is 0 Å². The van der Waals surface area contributed by atoms with E-state index in [4.69, 9.17) is 26.5 Å². The Morgan fingerprint density at radius 3 is 2.58 bits per heavy atom. The largest absolute Gasteiger partial charge is 0.480 e. The van der Waals surface area contributed by atoms with Crippen molar-refractivity contribution in [3.05, 3.63) is 74.9 Å². The molecule has 3 aliphatic heterocycles. The fourth-order valence-electron chi connectivity index (χ4n) is 6.36. The number of benzene rings is 2. The van der Waals surface area contributed by atoms with Crippen molar-refractivity contribution in [1.82, 2.24) is 23.9 Å². The van der Waals surface area contributed by atoms with Crippen molar-refractivity contribution in [1.29, 1.82) is 0 Å². The van der Waals surface area contributed by atoms with Gasteiger partial charge in [-0.15, -0.1) is 0 Å². The minimum absolute atomic E-state index is 0.0397. The fraction of sp³-hybridized carbons (Fsp3) is 0.455. The highest BCUT2D eigenvalue weighted by Gasteiger charge is 2.30. The van der Waals surface area contributed by atoms with Crippen LogP contribution in [0.2, 0.25) is 5.02 Å². The number of hydrogen-bond acceptors (Lipinski definition) is 7. The summed E-state index contributed by atoms with van der Waals surface area (Å²) in [4.78, 5) is 15.5. The van der Waals surface area contributed by atoms with Gasteiger partial charge in [0.15, 0.2) is 0 Å². The topological polar surface area (TPSA) is 108 Å². The molecule has 6 rings (SSSR count). The van der Waals surface area contributed by atoms with E-state index in [1.54, 1.807) is 0 Å². The predicted molar refractivity (Wildman–Crippen MR) is 173 cm³/mol. The maximum atomic E-state index is 12.5. The van der Waals surface area contributed by atoms with E-state index in [0.29, 0.717) is 36.6 Å². The van der Waals surface area contributed by atoms with Crippen LogP contribution in [-0.2, 0) is 52.0 Å². The lowest BCUT2D eigenvalue weighted by Gasteiger charge is -2.27. The molecular formula is C33H38ClN5O5S. The number of carboxylic acids is 1. The van der Waals surface area contributed by atoms with Crippen LogP contribution >= 0.6 is 11.6 Å². The van der Waals surface area contributed by atoms with Crippen molar-refractivity contribution < 1.29 is 23.1 Å². The molecule has 3 aliphatic rings. The number of nitrogens with zero attached hydrogens (tertiary/aromatic N) is 5. The van der Waals surface area contributed by atoms with Crippen LogP contribution in [-0.4, -0.2) is 102 Å². The number of carbonyl (C=O) groups is 1. The van der Waals surface area contributed by atoms with Crippen LogP contribution < -0.4 is 0 Å². The predicted octanol–water partition coefficient (Wildman–Crippen LogP) is 3.09. The minimum atomic E-state index is -3.35. The molecule has 2 aromatic carbocycles. The van der Waals surface area contributed by atoms with Gasteiger partial charge in [-0.3, -0.25) is 19.3 Å². The molecule has 0 atom stereocenters. The molecule has 1 fully saturated rings. The Morgan fingerprint density at radius 1 is 0.978 bits per heavy atom. The Hall–Kier alpha value is -3.24. The first-order valence-corrected chi connectivity index (χ1v) is 17.6. The number of aliphatic carboxylic acids is 1. The molecule has 0 unspecified atom stereocenters. The zero-order valence-electron chi connectivity index (χ0n) is 25.5. The summed E-state index contributed by atoms with van der Waals surface area (Å²) < 4.78 is 34.0. The lowest BCUT2D eigenvalue weighted by atomic mass is 9.97. The molecule has 1 aromatic heterocycles. The molecule has 0 spiro atoms. The van der Waals surface area contributed by atoms with Crippen molar-refractivity contribution in [3.63, 3.8) is 0 Å². The van der Waals surface area contributed by atoms with Crippen LogP contribution in [0.15, 0.2) is 36.4 Å².